The lowest BCUT2D eigenvalue weighted by Crippen LogP contribution is -2.32. The number of halogens is 1. The molecule has 1 aliphatic heterocycles. The zero-order valence-electron chi connectivity index (χ0n) is 16.7. The van der Waals surface area contributed by atoms with Gasteiger partial charge in [-0.05, 0) is 43.0 Å². The van der Waals surface area contributed by atoms with Crippen LogP contribution in [0.25, 0.3) is 0 Å². The van der Waals surface area contributed by atoms with Gasteiger partial charge in [0.05, 0.1) is 5.69 Å². The van der Waals surface area contributed by atoms with Gasteiger partial charge >= 0.3 is 0 Å². The first kappa shape index (κ1) is 20.2. The average molecular weight is 395 g/mol. The molecule has 0 N–H and O–H groups in total. The van der Waals surface area contributed by atoms with Crippen LogP contribution in [0.1, 0.15) is 29.3 Å². The minimum absolute atomic E-state index is 0. The zero-order valence-corrected chi connectivity index (χ0v) is 17.5. The van der Waals surface area contributed by atoms with Crippen LogP contribution in [0.4, 0.5) is 17.5 Å². The predicted octanol–water partition coefficient (Wildman–Crippen LogP) is 5.10. The second-order valence-corrected chi connectivity index (χ2v) is 7.11. The van der Waals surface area contributed by atoms with Gasteiger partial charge in [-0.2, -0.15) is 4.98 Å². The van der Waals surface area contributed by atoms with E-state index in [1.165, 1.54) is 16.7 Å². The molecule has 0 radical (unpaired) electrons. The van der Waals surface area contributed by atoms with Gasteiger partial charge in [0, 0.05) is 31.4 Å². The molecule has 0 amide bonds. The maximum atomic E-state index is 4.99. The fourth-order valence-electron chi connectivity index (χ4n) is 3.78. The Bertz CT molecular complexity index is 943. The van der Waals surface area contributed by atoms with E-state index in [4.69, 9.17) is 9.97 Å². The monoisotopic (exact) mass is 394 g/mol. The highest BCUT2D eigenvalue weighted by molar-refractivity contribution is 5.85. The summed E-state index contributed by atoms with van der Waals surface area (Å²) < 4.78 is 0. The van der Waals surface area contributed by atoms with E-state index in [2.05, 4.69) is 60.0 Å². The summed E-state index contributed by atoms with van der Waals surface area (Å²) in [7, 11) is 2.04. The molecule has 5 heteroatoms. The van der Waals surface area contributed by atoms with Crippen molar-refractivity contribution in [3.63, 3.8) is 0 Å². The lowest BCUT2D eigenvalue weighted by Gasteiger charge is -2.32. The van der Waals surface area contributed by atoms with Gasteiger partial charge in [-0.25, -0.2) is 4.98 Å². The Labute approximate surface area is 173 Å². The molecule has 4 nitrogen and oxygen atoms in total. The Kier molecular flexibility index (Phi) is 6.20. The molecule has 0 bridgehead atoms. The maximum absolute atomic E-state index is 4.99. The number of hydrogen-bond donors (Lipinski definition) is 0. The topological polar surface area (TPSA) is 32.3 Å². The van der Waals surface area contributed by atoms with Crippen molar-refractivity contribution in [2.75, 3.05) is 23.4 Å². The Balaban J connectivity index is 0.00000225. The minimum Gasteiger partial charge on any atom is -0.352 e. The van der Waals surface area contributed by atoms with Crippen LogP contribution in [0, 0.1) is 6.92 Å². The molecule has 0 spiro atoms. The average Bonchev–Trinajstić information content (AvgIpc) is 2.73. The van der Waals surface area contributed by atoms with Crippen LogP contribution < -0.4 is 9.80 Å². The van der Waals surface area contributed by atoms with E-state index < -0.39 is 0 Å². The van der Waals surface area contributed by atoms with Crippen molar-refractivity contribution in [3.8, 4) is 0 Å². The van der Waals surface area contributed by atoms with Gasteiger partial charge in [-0.15, -0.1) is 12.4 Å². The molecule has 0 saturated heterocycles. The molecular formula is C23H27ClN4. The summed E-state index contributed by atoms with van der Waals surface area (Å²) in [6, 6.07) is 19.0. The van der Waals surface area contributed by atoms with E-state index in [-0.39, 0.29) is 12.4 Å². The fourth-order valence-corrected chi connectivity index (χ4v) is 3.78. The van der Waals surface area contributed by atoms with Crippen molar-refractivity contribution in [2.24, 2.45) is 0 Å². The highest BCUT2D eigenvalue weighted by atomic mass is 35.5. The van der Waals surface area contributed by atoms with Gasteiger partial charge in [-0.1, -0.05) is 49.4 Å². The van der Waals surface area contributed by atoms with Crippen LogP contribution in [-0.4, -0.2) is 23.6 Å². The van der Waals surface area contributed by atoms with Gasteiger partial charge in [0.25, 0.3) is 0 Å². The second kappa shape index (κ2) is 8.61. The van der Waals surface area contributed by atoms with Gasteiger partial charge in [0.15, 0.2) is 0 Å². The van der Waals surface area contributed by atoms with E-state index in [0.717, 1.165) is 49.1 Å². The summed E-state index contributed by atoms with van der Waals surface area (Å²) >= 11 is 0. The van der Waals surface area contributed by atoms with Crippen LogP contribution >= 0.6 is 12.4 Å². The maximum Gasteiger partial charge on any atom is 0.231 e. The minimum atomic E-state index is 0. The SMILES string of the molecule is CCc1nc(N(C)c2ccccc2)nc(N2CCc3ccccc3C2)c1C.Cl. The third-order valence-corrected chi connectivity index (χ3v) is 5.42. The van der Waals surface area contributed by atoms with E-state index >= 15 is 0 Å². The lowest BCUT2D eigenvalue weighted by molar-refractivity contribution is 0.713. The van der Waals surface area contributed by atoms with Crippen molar-refractivity contribution >= 4 is 29.9 Å². The quantitative estimate of drug-likeness (QED) is 0.616. The number of aryl methyl sites for hydroxylation is 1. The Morgan fingerprint density at radius 1 is 0.964 bits per heavy atom. The van der Waals surface area contributed by atoms with Gasteiger partial charge < -0.3 is 9.80 Å². The summed E-state index contributed by atoms with van der Waals surface area (Å²) in [4.78, 5) is 14.3. The normalized spacial score (nSPS) is 12.9. The first-order chi connectivity index (χ1) is 13.2. The largest absolute Gasteiger partial charge is 0.352 e. The van der Waals surface area contributed by atoms with Crippen molar-refractivity contribution < 1.29 is 0 Å². The van der Waals surface area contributed by atoms with Gasteiger partial charge in [0.2, 0.25) is 5.95 Å². The highest BCUT2D eigenvalue weighted by Gasteiger charge is 2.22. The molecule has 2 aromatic carbocycles. The van der Waals surface area contributed by atoms with E-state index in [9.17, 15) is 0 Å². The standard InChI is InChI=1S/C23H26N4.ClH/c1-4-21-17(2)22(27-15-14-18-10-8-9-11-19(18)16-27)25-23(24-21)26(3)20-12-6-5-7-13-20;/h5-13H,4,14-16H2,1-3H3;1H. The van der Waals surface area contributed by atoms with Crippen molar-refractivity contribution in [3.05, 3.63) is 77.0 Å². The van der Waals surface area contributed by atoms with Crippen LogP contribution in [0.2, 0.25) is 0 Å². The molecule has 28 heavy (non-hydrogen) atoms. The molecule has 0 atom stereocenters. The van der Waals surface area contributed by atoms with Crippen molar-refractivity contribution in [1.29, 1.82) is 0 Å². The van der Waals surface area contributed by atoms with E-state index in [1.807, 2.05) is 25.2 Å². The molecule has 1 aliphatic rings. The number of nitrogens with zero attached hydrogens (tertiary/aromatic N) is 4. The smallest absolute Gasteiger partial charge is 0.231 e. The Morgan fingerprint density at radius 2 is 1.64 bits per heavy atom. The van der Waals surface area contributed by atoms with Crippen molar-refractivity contribution in [2.45, 2.75) is 33.2 Å². The van der Waals surface area contributed by atoms with Crippen LogP contribution in [0.3, 0.4) is 0 Å². The zero-order chi connectivity index (χ0) is 18.8. The summed E-state index contributed by atoms with van der Waals surface area (Å²) in [6.45, 7) is 6.22. The molecule has 4 rings (SSSR count). The molecule has 3 aromatic rings. The number of para-hydroxylation sites is 1. The lowest BCUT2D eigenvalue weighted by atomic mass is 9.99. The number of fused-ring (bicyclic) bond motifs is 1. The number of benzene rings is 2. The first-order valence-electron chi connectivity index (χ1n) is 9.65. The molecule has 0 fully saturated rings. The number of rotatable bonds is 4. The molecule has 0 unspecified atom stereocenters. The third-order valence-electron chi connectivity index (χ3n) is 5.42. The second-order valence-electron chi connectivity index (χ2n) is 7.11. The molecule has 0 saturated carbocycles. The molecule has 0 aliphatic carbocycles. The Hall–Kier alpha value is -2.59. The van der Waals surface area contributed by atoms with Gasteiger partial charge in [-0.3, -0.25) is 0 Å². The van der Waals surface area contributed by atoms with Crippen LogP contribution in [0.5, 0.6) is 0 Å². The number of anilines is 3. The number of aromatic nitrogens is 2. The number of hydrogen-bond acceptors (Lipinski definition) is 4. The molecule has 1 aromatic heterocycles. The molecule has 2 heterocycles. The summed E-state index contributed by atoms with van der Waals surface area (Å²) in [6.07, 6.45) is 1.96. The van der Waals surface area contributed by atoms with E-state index in [1.54, 1.807) is 0 Å². The summed E-state index contributed by atoms with van der Waals surface area (Å²) in [5.41, 5.74) is 6.27. The van der Waals surface area contributed by atoms with Crippen molar-refractivity contribution in [1.82, 2.24) is 9.97 Å². The summed E-state index contributed by atoms with van der Waals surface area (Å²) in [5, 5.41) is 0. The molecule has 146 valence electrons. The van der Waals surface area contributed by atoms with Gasteiger partial charge in [0.1, 0.15) is 5.82 Å². The summed E-state index contributed by atoms with van der Waals surface area (Å²) in [5.74, 6) is 1.83. The van der Waals surface area contributed by atoms with E-state index in [0.29, 0.717) is 0 Å². The Morgan fingerprint density at radius 3 is 2.36 bits per heavy atom. The third kappa shape index (κ3) is 3.83. The first-order valence-corrected chi connectivity index (χ1v) is 9.65. The van der Waals surface area contributed by atoms with Crippen LogP contribution in [-0.2, 0) is 19.4 Å². The fraction of sp³-hybridized carbons (Fsp3) is 0.304. The van der Waals surface area contributed by atoms with Crippen LogP contribution in [0.15, 0.2) is 54.6 Å². The molecular weight excluding hydrogens is 368 g/mol. The highest BCUT2D eigenvalue weighted by Crippen LogP contribution is 2.30. The predicted molar refractivity (Wildman–Crippen MR) is 119 cm³/mol.